The number of carbonyl (C=O) groups excluding carboxylic acids is 1. The number of hydrogen-bond donors (Lipinski definition) is 0. The molecule has 0 radical (unpaired) electrons. The van der Waals surface area contributed by atoms with Crippen molar-refractivity contribution >= 4 is 30.2 Å². The summed E-state index contributed by atoms with van der Waals surface area (Å²) in [7, 11) is -0.530. The predicted molar refractivity (Wildman–Crippen MR) is 154 cm³/mol. The lowest BCUT2D eigenvalue weighted by atomic mass is 10.2. The van der Waals surface area contributed by atoms with Gasteiger partial charge >= 0.3 is 0 Å². The molecule has 204 valence electrons. The molecule has 0 saturated heterocycles. The van der Waals surface area contributed by atoms with E-state index in [0.717, 1.165) is 11.1 Å². The van der Waals surface area contributed by atoms with Gasteiger partial charge in [-0.2, -0.15) is 0 Å². The molecule has 0 aliphatic rings. The third-order valence-electron chi connectivity index (χ3n) is 6.78. The van der Waals surface area contributed by atoms with E-state index < -0.39 is 8.32 Å². The van der Waals surface area contributed by atoms with Gasteiger partial charge in [0.15, 0.2) is 25.5 Å². The Balaban J connectivity index is 1.88. The Morgan fingerprint density at radius 3 is 2.29 bits per heavy atom. The topological polar surface area (TPSA) is 60.9 Å². The van der Waals surface area contributed by atoms with Crippen LogP contribution in [0.1, 0.15) is 42.4 Å². The summed E-state index contributed by atoms with van der Waals surface area (Å²) in [6.45, 7) is 12.2. The molecule has 0 N–H and O–H groups in total. The number of halogens is 2. The Hall–Kier alpha value is -2.75. The molecule has 3 aromatic rings. The number of ether oxygens (including phenoxy) is 2. The number of hydrogen-bond acceptors (Lipinski definition) is 5. The molecule has 0 spiro atoms. The van der Waals surface area contributed by atoms with Crippen LogP contribution in [0, 0.1) is 5.82 Å². The van der Waals surface area contributed by atoms with Crippen molar-refractivity contribution in [3.63, 3.8) is 0 Å². The minimum atomic E-state index is -2.02. The van der Waals surface area contributed by atoms with Gasteiger partial charge in [0, 0.05) is 19.3 Å². The van der Waals surface area contributed by atoms with E-state index in [0.29, 0.717) is 30.0 Å². The van der Waals surface area contributed by atoms with Crippen molar-refractivity contribution in [3.05, 3.63) is 87.9 Å². The largest absolute Gasteiger partial charge is 0.491 e. The van der Waals surface area contributed by atoms with Crippen LogP contribution >= 0.6 is 15.9 Å². The van der Waals surface area contributed by atoms with Crippen LogP contribution in [0.15, 0.2) is 65.3 Å². The molecule has 1 amide bonds. The fourth-order valence-electron chi connectivity index (χ4n) is 3.50. The van der Waals surface area contributed by atoms with Crippen LogP contribution in [0.4, 0.5) is 4.39 Å². The number of carbonyl (C=O) groups is 1. The van der Waals surface area contributed by atoms with Gasteiger partial charge in [0.25, 0.3) is 5.91 Å². The lowest BCUT2D eigenvalue weighted by molar-refractivity contribution is 0.0700. The number of benzene rings is 2. The first-order valence-electron chi connectivity index (χ1n) is 12.5. The second-order valence-corrected chi connectivity index (χ2v) is 16.2. The van der Waals surface area contributed by atoms with E-state index in [9.17, 15) is 9.18 Å². The average Bonchev–Trinajstić information content (AvgIpc) is 2.87. The predicted octanol–water partition coefficient (Wildman–Crippen LogP) is 7.24. The molecule has 1 aromatic heterocycles. The van der Waals surface area contributed by atoms with Gasteiger partial charge < -0.3 is 18.8 Å². The minimum absolute atomic E-state index is 0.0419. The van der Waals surface area contributed by atoms with Crippen molar-refractivity contribution < 1.29 is 23.1 Å². The molecule has 0 saturated carbocycles. The Morgan fingerprint density at radius 1 is 1.03 bits per heavy atom. The lowest BCUT2D eigenvalue weighted by Crippen LogP contribution is -2.43. The van der Waals surface area contributed by atoms with Gasteiger partial charge in [0.1, 0.15) is 12.4 Å². The molecular weight excluding hydrogens is 567 g/mol. The second-order valence-electron chi connectivity index (χ2n) is 10.6. The van der Waals surface area contributed by atoms with E-state index in [-0.39, 0.29) is 34.8 Å². The minimum Gasteiger partial charge on any atom is -0.491 e. The number of rotatable bonds is 11. The van der Waals surface area contributed by atoms with Gasteiger partial charge in [0.2, 0.25) is 0 Å². The fourth-order valence-corrected chi connectivity index (χ4v) is 4.93. The first-order valence-corrected chi connectivity index (χ1v) is 16.2. The van der Waals surface area contributed by atoms with Gasteiger partial charge in [-0.15, -0.1) is 0 Å². The molecule has 0 bridgehead atoms. The number of methoxy groups -OCH3 is 1. The van der Waals surface area contributed by atoms with Gasteiger partial charge in [0.05, 0.1) is 18.2 Å². The van der Waals surface area contributed by atoms with Crippen molar-refractivity contribution in [3.8, 4) is 11.5 Å². The zero-order chi connectivity index (χ0) is 27.9. The van der Waals surface area contributed by atoms with E-state index in [2.05, 4.69) is 54.8 Å². The molecule has 3 rings (SSSR count). The molecule has 2 aromatic carbocycles. The number of aromatic nitrogens is 1. The Morgan fingerprint density at radius 2 is 1.68 bits per heavy atom. The maximum absolute atomic E-state index is 13.9. The summed E-state index contributed by atoms with van der Waals surface area (Å²) in [5, 5.41) is 0.0419. The number of amides is 1. The molecule has 0 aliphatic heterocycles. The van der Waals surface area contributed by atoms with Gasteiger partial charge in [-0.1, -0.05) is 63.2 Å². The van der Waals surface area contributed by atoms with Crippen LogP contribution < -0.4 is 9.47 Å². The number of nitrogens with zero attached hydrogens (tertiary/aromatic N) is 2. The summed E-state index contributed by atoms with van der Waals surface area (Å²) in [5.41, 5.74) is 1.91. The smallest absolute Gasteiger partial charge is 0.276 e. The van der Waals surface area contributed by atoms with Crippen LogP contribution in [-0.2, 0) is 17.6 Å². The highest BCUT2D eigenvalue weighted by molar-refractivity contribution is 9.10. The second kappa shape index (κ2) is 12.9. The molecular formula is C29H36BrFN2O4Si. The highest BCUT2D eigenvalue weighted by atomic mass is 79.9. The maximum atomic E-state index is 13.9. The van der Waals surface area contributed by atoms with E-state index in [1.807, 2.05) is 30.3 Å². The monoisotopic (exact) mass is 602 g/mol. The van der Waals surface area contributed by atoms with E-state index >= 15 is 0 Å². The highest BCUT2D eigenvalue weighted by Gasteiger charge is 2.37. The van der Waals surface area contributed by atoms with E-state index in [1.165, 1.54) is 25.4 Å². The molecule has 9 heteroatoms. The average molecular weight is 604 g/mol. The summed E-state index contributed by atoms with van der Waals surface area (Å²) in [6, 6.07) is 15.8. The Labute approximate surface area is 234 Å². The third kappa shape index (κ3) is 7.65. The van der Waals surface area contributed by atoms with Gasteiger partial charge in [-0.05, 0) is 57.3 Å². The van der Waals surface area contributed by atoms with Crippen molar-refractivity contribution in [2.75, 3.05) is 20.3 Å². The SMILES string of the molecule is COc1c(C(=O)N(CCO[Si](C)(C)C(C)(C)C)Cc2ccc(F)cc2)ncc(Br)c1OCc1ccccc1. The van der Waals surface area contributed by atoms with Crippen LogP contribution in [0.25, 0.3) is 0 Å². The van der Waals surface area contributed by atoms with Crippen LogP contribution in [0.2, 0.25) is 18.1 Å². The lowest BCUT2D eigenvalue weighted by Gasteiger charge is -2.36. The fraction of sp³-hybridized carbons (Fsp3) is 0.379. The van der Waals surface area contributed by atoms with Gasteiger partial charge in [-0.3, -0.25) is 4.79 Å². The zero-order valence-corrected chi connectivity index (χ0v) is 25.5. The first kappa shape index (κ1) is 29.8. The van der Waals surface area contributed by atoms with Crippen molar-refractivity contribution in [2.24, 2.45) is 0 Å². The standard InChI is InChI=1S/C29H36BrFN2O4Si/c1-29(2,3)38(5,6)37-17-16-33(19-21-12-14-23(31)15-13-21)28(34)25-27(35-4)26(24(30)18-32-25)36-20-22-10-8-7-9-11-22/h7-15,18H,16-17,19-20H2,1-6H3. The quantitative estimate of drug-likeness (QED) is 0.217. The molecule has 0 unspecified atom stereocenters. The van der Waals surface area contributed by atoms with Gasteiger partial charge in [-0.25, -0.2) is 9.37 Å². The third-order valence-corrected chi connectivity index (χ3v) is 11.9. The summed E-state index contributed by atoms with van der Waals surface area (Å²) in [4.78, 5) is 19.9. The zero-order valence-electron chi connectivity index (χ0n) is 22.9. The summed E-state index contributed by atoms with van der Waals surface area (Å²) in [5.74, 6) is -0.0184. The van der Waals surface area contributed by atoms with Crippen molar-refractivity contribution in [2.45, 2.75) is 52.1 Å². The molecule has 0 fully saturated rings. The summed E-state index contributed by atoms with van der Waals surface area (Å²) in [6.07, 6.45) is 1.54. The molecule has 38 heavy (non-hydrogen) atoms. The Kier molecular flexibility index (Phi) is 10.1. The van der Waals surface area contributed by atoms with Crippen LogP contribution in [0.3, 0.4) is 0 Å². The molecule has 6 nitrogen and oxygen atoms in total. The van der Waals surface area contributed by atoms with E-state index in [1.54, 1.807) is 17.0 Å². The molecule has 0 atom stereocenters. The molecule has 1 heterocycles. The van der Waals surface area contributed by atoms with Crippen molar-refractivity contribution in [1.29, 1.82) is 0 Å². The van der Waals surface area contributed by atoms with E-state index in [4.69, 9.17) is 13.9 Å². The summed E-state index contributed by atoms with van der Waals surface area (Å²) >= 11 is 3.48. The normalized spacial score (nSPS) is 11.8. The van der Waals surface area contributed by atoms with Crippen molar-refractivity contribution in [1.82, 2.24) is 9.88 Å². The number of pyridine rings is 1. The molecule has 0 aliphatic carbocycles. The maximum Gasteiger partial charge on any atom is 0.276 e. The Bertz CT molecular complexity index is 1220. The summed E-state index contributed by atoms with van der Waals surface area (Å²) < 4.78 is 32.2. The van der Waals surface area contributed by atoms with Crippen LogP contribution in [0.5, 0.6) is 11.5 Å². The van der Waals surface area contributed by atoms with Crippen LogP contribution in [-0.4, -0.2) is 44.4 Å². The highest BCUT2D eigenvalue weighted by Crippen LogP contribution is 2.39. The first-order chi connectivity index (χ1) is 17.9.